The molecule has 3 aromatic rings. The van der Waals surface area contributed by atoms with Crippen molar-refractivity contribution in [1.82, 2.24) is 15.0 Å². The summed E-state index contributed by atoms with van der Waals surface area (Å²) < 4.78 is 22.1. The van der Waals surface area contributed by atoms with Gasteiger partial charge in [-0.2, -0.15) is 15.0 Å². The summed E-state index contributed by atoms with van der Waals surface area (Å²) in [6.07, 6.45) is 2.00. The third-order valence-electron chi connectivity index (χ3n) is 5.93. The lowest BCUT2D eigenvalue weighted by Crippen LogP contribution is -2.28. The predicted molar refractivity (Wildman–Crippen MR) is 134 cm³/mol. The van der Waals surface area contributed by atoms with Gasteiger partial charge in [0, 0.05) is 19.1 Å². The summed E-state index contributed by atoms with van der Waals surface area (Å²) in [6, 6.07) is 6.03. The van der Waals surface area contributed by atoms with Gasteiger partial charge in [-0.05, 0) is 36.0 Å². The summed E-state index contributed by atoms with van der Waals surface area (Å²) in [5.41, 5.74) is 8.16. The Labute approximate surface area is 210 Å². The maximum Gasteiger partial charge on any atom is 0.399 e. The largest absolute Gasteiger partial charge is 0.479 e. The van der Waals surface area contributed by atoms with E-state index in [1.807, 2.05) is 24.0 Å². The number of oxazole rings is 1. The number of nitrogens with two attached hydrogens (primary N) is 1. The second-order valence-electron chi connectivity index (χ2n) is 9.70. The van der Waals surface area contributed by atoms with Crippen LogP contribution < -0.4 is 30.2 Å². The van der Waals surface area contributed by atoms with Crippen LogP contribution in [0.2, 0.25) is 0 Å². The van der Waals surface area contributed by atoms with Crippen LogP contribution in [0.25, 0.3) is 0 Å². The van der Waals surface area contributed by atoms with Gasteiger partial charge in [-0.15, -0.1) is 0 Å². The Hall–Kier alpha value is -3.86. The van der Waals surface area contributed by atoms with Gasteiger partial charge in [-0.3, -0.25) is 4.79 Å². The quantitative estimate of drug-likeness (QED) is 0.498. The van der Waals surface area contributed by atoms with E-state index >= 15 is 0 Å². The van der Waals surface area contributed by atoms with Crippen LogP contribution in [0, 0.1) is 6.92 Å². The summed E-state index contributed by atoms with van der Waals surface area (Å²) >= 11 is 0. The van der Waals surface area contributed by atoms with E-state index in [0.29, 0.717) is 18.2 Å². The molecule has 1 fully saturated rings. The van der Waals surface area contributed by atoms with Crippen molar-refractivity contribution in [3.63, 3.8) is 0 Å². The number of anilines is 2. The summed E-state index contributed by atoms with van der Waals surface area (Å²) in [4.78, 5) is 28.0. The Morgan fingerprint density at radius 1 is 1.17 bits per heavy atom. The van der Waals surface area contributed by atoms with E-state index in [-0.39, 0.29) is 40.7 Å². The number of ether oxygens (including phenoxy) is 3. The van der Waals surface area contributed by atoms with Gasteiger partial charge in [-0.1, -0.05) is 32.9 Å². The topological polar surface area (TPSA) is 138 Å². The maximum atomic E-state index is 13.0. The lowest BCUT2D eigenvalue weighted by molar-refractivity contribution is 0.102. The molecule has 0 saturated carbocycles. The molecule has 1 aliphatic rings. The number of hydrogen-bond donors (Lipinski definition) is 2. The number of amides is 1. The third kappa shape index (κ3) is 5.35. The molecule has 0 aliphatic carbocycles. The highest BCUT2D eigenvalue weighted by Crippen LogP contribution is 2.35. The molecule has 0 spiro atoms. The van der Waals surface area contributed by atoms with E-state index in [4.69, 9.17) is 24.4 Å². The van der Waals surface area contributed by atoms with Gasteiger partial charge in [0.05, 0.1) is 14.2 Å². The fraction of sp³-hybridized carbons (Fsp3) is 0.440. The first-order valence-electron chi connectivity index (χ1n) is 11.7. The van der Waals surface area contributed by atoms with Gasteiger partial charge >= 0.3 is 6.08 Å². The first-order chi connectivity index (χ1) is 17.1. The highest BCUT2D eigenvalue weighted by atomic mass is 16.6. The average molecular weight is 497 g/mol. The molecule has 1 aromatic carbocycles. The minimum absolute atomic E-state index is 0.00771. The molecule has 1 atom stereocenters. The number of carbonyl (C=O) groups is 1. The standard InChI is InChI=1S/C25H32N6O5/c1-14-7-8-15(25(2,3)4)11-18(14)36-24-27-17(13-35-24)20(32)28-19-21(33-5)29-23(30-22(19)34-6)31-10-9-16(26)12-31/h7-8,11,13,16H,9-10,12,26H2,1-6H3,(H,28,32). The molecule has 0 radical (unpaired) electrons. The molecule has 1 aliphatic heterocycles. The second-order valence-corrected chi connectivity index (χ2v) is 9.70. The molecule has 2 aromatic heterocycles. The summed E-state index contributed by atoms with van der Waals surface area (Å²) in [5, 5.41) is 2.71. The average Bonchev–Trinajstić information content (AvgIpc) is 3.49. The number of aryl methyl sites for hydroxylation is 1. The van der Waals surface area contributed by atoms with E-state index in [1.165, 1.54) is 20.5 Å². The molecule has 11 nitrogen and oxygen atoms in total. The molecule has 3 N–H and O–H groups in total. The number of carbonyl (C=O) groups excluding carboxylic acids is 1. The molecule has 192 valence electrons. The molecule has 4 rings (SSSR count). The molecule has 1 amide bonds. The zero-order valence-electron chi connectivity index (χ0n) is 21.4. The Morgan fingerprint density at radius 3 is 2.44 bits per heavy atom. The molecule has 3 heterocycles. The first-order valence-corrected chi connectivity index (χ1v) is 11.7. The Kier molecular flexibility index (Phi) is 7.02. The molecule has 1 unspecified atom stereocenters. The van der Waals surface area contributed by atoms with Crippen LogP contribution in [0.15, 0.2) is 28.9 Å². The van der Waals surface area contributed by atoms with Gasteiger partial charge in [0.15, 0.2) is 11.4 Å². The first kappa shape index (κ1) is 25.2. The Bertz CT molecular complexity index is 1230. The summed E-state index contributed by atoms with van der Waals surface area (Å²) in [5.74, 6) is 0.759. The van der Waals surface area contributed by atoms with Crippen molar-refractivity contribution < 1.29 is 23.4 Å². The summed E-state index contributed by atoms with van der Waals surface area (Å²) in [6.45, 7) is 9.63. The number of hydrogen-bond acceptors (Lipinski definition) is 10. The van der Waals surface area contributed by atoms with E-state index in [2.05, 4.69) is 47.1 Å². The number of nitrogens with one attached hydrogen (secondary N) is 1. The van der Waals surface area contributed by atoms with Crippen molar-refractivity contribution >= 4 is 17.5 Å². The molecular formula is C25H32N6O5. The second kappa shape index (κ2) is 10.0. The molecule has 11 heteroatoms. The number of methoxy groups -OCH3 is 2. The Balaban J connectivity index is 1.53. The van der Waals surface area contributed by atoms with Crippen LogP contribution >= 0.6 is 0 Å². The van der Waals surface area contributed by atoms with Crippen molar-refractivity contribution in [2.75, 3.05) is 37.5 Å². The fourth-order valence-corrected chi connectivity index (χ4v) is 3.78. The zero-order valence-corrected chi connectivity index (χ0v) is 21.4. The van der Waals surface area contributed by atoms with Gasteiger partial charge in [-0.25, -0.2) is 0 Å². The van der Waals surface area contributed by atoms with Gasteiger partial charge < -0.3 is 34.6 Å². The maximum absolute atomic E-state index is 13.0. The minimum atomic E-state index is -0.565. The smallest absolute Gasteiger partial charge is 0.399 e. The monoisotopic (exact) mass is 496 g/mol. The predicted octanol–water partition coefficient (Wildman–Crippen LogP) is 3.67. The molecule has 36 heavy (non-hydrogen) atoms. The lowest BCUT2D eigenvalue weighted by Gasteiger charge is -2.20. The van der Waals surface area contributed by atoms with Crippen LogP contribution in [0.1, 0.15) is 48.8 Å². The van der Waals surface area contributed by atoms with Crippen molar-refractivity contribution in [3.05, 3.63) is 41.3 Å². The van der Waals surface area contributed by atoms with Crippen LogP contribution in [0.4, 0.5) is 11.6 Å². The highest BCUT2D eigenvalue weighted by Gasteiger charge is 2.27. The van der Waals surface area contributed by atoms with Gasteiger partial charge in [0.25, 0.3) is 5.91 Å². The van der Waals surface area contributed by atoms with Crippen molar-refractivity contribution in [2.24, 2.45) is 5.73 Å². The Morgan fingerprint density at radius 2 is 1.86 bits per heavy atom. The van der Waals surface area contributed by atoms with Crippen LogP contribution in [-0.4, -0.2) is 54.2 Å². The number of aromatic nitrogens is 3. The van der Waals surface area contributed by atoms with Crippen LogP contribution in [-0.2, 0) is 5.41 Å². The minimum Gasteiger partial charge on any atom is -0.479 e. The van der Waals surface area contributed by atoms with Gasteiger partial charge in [0.1, 0.15) is 12.0 Å². The highest BCUT2D eigenvalue weighted by molar-refractivity contribution is 6.04. The fourth-order valence-electron chi connectivity index (χ4n) is 3.78. The molecular weight excluding hydrogens is 464 g/mol. The van der Waals surface area contributed by atoms with E-state index in [1.54, 1.807) is 0 Å². The van der Waals surface area contributed by atoms with Crippen molar-refractivity contribution in [1.29, 1.82) is 0 Å². The van der Waals surface area contributed by atoms with Gasteiger partial charge in [0.2, 0.25) is 17.7 Å². The van der Waals surface area contributed by atoms with E-state index in [9.17, 15) is 4.79 Å². The normalized spacial score (nSPS) is 15.6. The summed E-state index contributed by atoms with van der Waals surface area (Å²) in [7, 11) is 2.90. The molecule has 0 bridgehead atoms. The number of rotatable bonds is 7. The van der Waals surface area contributed by atoms with Crippen molar-refractivity contribution in [2.45, 2.75) is 45.6 Å². The van der Waals surface area contributed by atoms with Crippen LogP contribution in [0.5, 0.6) is 23.6 Å². The zero-order chi connectivity index (χ0) is 26.0. The lowest BCUT2D eigenvalue weighted by atomic mass is 9.86. The van der Waals surface area contributed by atoms with E-state index in [0.717, 1.165) is 24.1 Å². The van der Waals surface area contributed by atoms with E-state index < -0.39 is 5.91 Å². The SMILES string of the molecule is COc1nc(N2CCC(N)C2)nc(OC)c1NC(=O)c1coc(Oc2cc(C(C)(C)C)ccc2C)n1. The van der Waals surface area contributed by atoms with Crippen molar-refractivity contribution in [3.8, 4) is 23.6 Å². The van der Waals surface area contributed by atoms with Crippen LogP contribution in [0.3, 0.4) is 0 Å². The molecule has 1 saturated heterocycles. The third-order valence-corrected chi connectivity index (χ3v) is 5.93. The number of benzene rings is 1. The number of nitrogens with zero attached hydrogens (tertiary/aromatic N) is 4.